The highest BCUT2D eigenvalue weighted by Gasteiger charge is 2.41. The Hall–Kier alpha value is -2.09. The largest absolute Gasteiger partial charge is 0.297 e. The first kappa shape index (κ1) is 28.1. The van der Waals surface area contributed by atoms with Crippen molar-refractivity contribution in [3.63, 3.8) is 0 Å². The molecule has 0 aliphatic carbocycles. The maximum Gasteiger partial charge on any atom is 0.297 e. The summed E-state index contributed by atoms with van der Waals surface area (Å²) in [6.45, 7) is 0.385. The molecule has 2 rings (SSSR count). The van der Waals surface area contributed by atoms with Crippen LogP contribution >= 0.6 is 0 Å². The van der Waals surface area contributed by atoms with Crippen LogP contribution in [0, 0.1) is 13.8 Å². The normalized spacial score (nSPS) is 17.0. The lowest BCUT2D eigenvalue weighted by Crippen LogP contribution is -2.42. The van der Waals surface area contributed by atoms with E-state index >= 15 is 0 Å². The molecule has 6 nitrogen and oxygen atoms in total. The van der Waals surface area contributed by atoms with Gasteiger partial charge in [0.25, 0.3) is 20.2 Å². The highest BCUT2D eigenvalue weighted by Crippen LogP contribution is 2.24. The molecule has 2 aromatic rings. The van der Waals surface area contributed by atoms with Crippen molar-refractivity contribution in [1.29, 1.82) is 0 Å². The molecule has 0 saturated heterocycles. The van der Waals surface area contributed by atoms with Crippen molar-refractivity contribution in [2.75, 3.05) is 13.2 Å². The monoisotopic (exact) mass is 530 g/mol. The quantitative estimate of drug-likeness (QED) is 0.303. The lowest BCUT2D eigenvalue weighted by molar-refractivity contribution is -0.0172. The van der Waals surface area contributed by atoms with E-state index in [1.165, 1.54) is 24.3 Å². The minimum Gasteiger partial charge on any atom is -0.263 e. The van der Waals surface area contributed by atoms with E-state index in [2.05, 4.69) is 8.37 Å². The van der Waals surface area contributed by atoms with E-state index in [-0.39, 0.29) is 9.79 Å². The molecule has 0 saturated carbocycles. The standard InChI is InChI=1S/C21H23F5O6S2/c1-13-3-7-15(8-4-13)33(27,28)31-11-17(22)19(24)21(26)20(25)18(23)12-32-34(29,30)16-9-5-14(2)6-10-16/h3-10,17-21H,11-12H2,1-2H3/t17-,18+,19+,20-,21?. The Balaban J connectivity index is 1.92. The molecular weight excluding hydrogens is 507 g/mol. The number of alkyl halides is 5. The molecule has 0 bridgehead atoms. The van der Waals surface area contributed by atoms with Gasteiger partial charge in [0.1, 0.15) is 13.2 Å². The van der Waals surface area contributed by atoms with Crippen LogP contribution in [0.4, 0.5) is 22.0 Å². The molecule has 13 heteroatoms. The Bertz CT molecular complexity index is 1050. The van der Waals surface area contributed by atoms with Crippen molar-refractivity contribution in [3.05, 3.63) is 59.7 Å². The summed E-state index contributed by atoms with van der Waals surface area (Å²) in [4.78, 5) is -0.728. The number of rotatable bonds is 12. The lowest BCUT2D eigenvalue weighted by Gasteiger charge is -2.22. The van der Waals surface area contributed by atoms with Crippen LogP contribution in [0.25, 0.3) is 0 Å². The molecule has 1 unspecified atom stereocenters. The van der Waals surface area contributed by atoms with E-state index in [1.54, 1.807) is 13.8 Å². The predicted octanol–water partition coefficient (Wildman–Crippen LogP) is 4.10. The van der Waals surface area contributed by atoms with Crippen LogP contribution in [0.5, 0.6) is 0 Å². The maximum absolute atomic E-state index is 14.0. The number of halogens is 5. The summed E-state index contributed by atoms with van der Waals surface area (Å²) in [5, 5.41) is 0. The first-order valence-corrected chi connectivity index (χ1v) is 12.7. The van der Waals surface area contributed by atoms with E-state index in [0.29, 0.717) is 0 Å². The fraction of sp³-hybridized carbons (Fsp3) is 0.429. The Morgan fingerprint density at radius 1 is 0.588 bits per heavy atom. The average molecular weight is 531 g/mol. The van der Waals surface area contributed by atoms with Gasteiger partial charge in [-0.1, -0.05) is 35.4 Å². The number of aryl methyl sites for hydroxylation is 2. The molecular formula is C21H23F5O6S2. The zero-order valence-electron chi connectivity index (χ0n) is 18.1. The van der Waals surface area contributed by atoms with Crippen LogP contribution in [0.3, 0.4) is 0 Å². The van der Waals surface area contributed by atoms with Crippen molar-refractivity contribution in [1.82, 2.24) is 0 Å². The van der Waals surface area contributed by atoms with E-state index in [4.69, 9.17) is 0 Å². The Kier molecular flexibility index (Phi) is 9.57. The molecule has 0 radical (unpaired) electrons. The van der Waals surface area contributed by atoms with Gasteiger partial charge in [0.15, 0.2) is 30.9 Å². The van der Waals surface area contributed by atoms with Crippen molar-refractivity contribution in [3.8, 4) is 0 Å². The molecule has 0 amide bonds. The third-order valence-electron chi connectivity index (χ3n) is 4.68. The first-order valence-electron chi connectivity index (χ1n) is 9.87. The van der Waals surface area contributed by atoms with Gasteiger partial charge in [0, 0.05) is 0 Å². The van der Waals surface area contributed by atoms with Crippen molar-refractivity contribution < 1.29 is 47.2 Å². The van der Waals surface area contributed by atoms with Gasteiger partial charge in [-0.25, -0.2) is 22.0 Å². The van der Waals surface area contributed by atoms with Crippen LogP contribution in [0.2, 0.25) is 0 Å². The highest BCUT2D eigenvalue weighted by atomic mass is 32.2. The van der Waals surface area contributed by atoms with Gasteiger partial charge in [0.05, 0.1) is 9.79 Å². The summed E-state index contributed by atoms with van der Waals surface area (Å²) in [5.74, 6) is 0. The molecule has 2 aromatic carbocycles. The van der Waals surface area contributed by atoms with E-state index in [9.17, 15) is 38.8 Å². The summed E-state index contributed by atoms with van der Waals surface area (Å²) in [6.07, 6.45) is -15.9. The number of hydrogen-bond donors (Lipinski definition) is 0. The highest BCUT2D eigenvalue weighted by molar-refractivity contribution is 7.87. The molecule has 0 heterocycles. The molecule has 5 atom stereocenters. The van der Waals surface area contributed by atoms with Crippen LogP contribution < -0.4 is 0 Å². The molecule has 0 N–H and O–H groups in total. The van der Waals surface area contributed by atoms with Gasteiger partial charge < -0.3 is 0 Å². The summed E-state index contributed by atoms with van der Waals surface area (Å²) in [7, 11) is -9.01. The van der Waals surface area contributed by atoms with Crippen molar-refractivity contribution in [2.45, 2.75) is 54.5 Å². The predicted molar refractivity (Wildman–Crippen MR) is 113 cm³/mol. The first-order chi connectivity index (χ1) is 15.7. The molecule has 34 heavy (non-hydrogen) atoms. The maximum atomic E-state index is 14.0. The second-order valence-corrected chi connectivity index (χ2v) is 10.7. The minimum atomic E-state index is -4.51. The average Bonchev–Trinajstić information content (AvgIpc) is 2.80. The molecule has 0 aliphatic rings. The van der Waals surface area contributed by atoms with Crippen LogP contribution in [-0.4, -0.2) is 60.9 Å². The van der Waals surface area contributed by atoms with Gasteiger partial charge in [-0.3, -0.25) is 8.37 Å². The lowest BCUT2D eigenvalue weighted by atomic mass is 10.0. The van der Waals surface area contributed by atoms with E-state index in [0.717, 1.165) is 35.4 Å². The zero-order valence-corrected chi connectivity index (χ0v) is 19.7. The summed E-state index contributed by atoms with van der Waals surface area (Å²) >= 11 is 0. The third-order valence-corrected chi connectivity index (χ3v) is 7.28. The number of hydrogen-bond acceptors (Lipinski definition) is 6. The Morgan fingerprint density at radius 3 is 1.18 bits per heavy atom. The van der Waals surface area contributed by atoms with E-state index in [1.807, 2.05) is 0 Å². The topological polar surface area (TPSA) is 86.7 Å². The van der Waals surface area contributed by atoms with Gasteiger partial charge in [-0.05, 0) is 38.1 Å². The minimum absolute atomic E-state index is 0.364. The van der Waals surface area contributed by atoms with Crippen molar-refractivity contribution >= 4 is 20.2 Å². The summed E-state index contributed by atoms with van der Waals surface area (Å²) < 4.78 is 127. The third kappa shape index (κ3) is 7.45. The van der Waals surface area contributed by atoms with Crippen LogP contribution in [0.15, 0.2) is 58.3 Å². The van der Waals surface area contributed by atoms with Gasteiger partial charge in [0.2, 0.25) is 0 Å². The van der Waals surface area contributed by atoms with Gasteiger partial charge in [-0.2, -0.15) is 16.8 Å². The van der Waals surface area contributed by atoms with Gasteiger partial charge in [-0.15, -0.1) is 0 Å². The molecule has 0 spiro atoms. The molecule has 0 aliphatic heterocycles. The van der Waals surface area contributed by atoms with Crippen molar-refractivity contribution in [2.24, 2.45) is 0 Å². The second kappa shape index (κ2) is 11.6. The zero-order chi connectivity index (χ0) is 25.7. The fourth-order valence-corrected chi connectivity index (χ4v) is 4.44. The second-order valence-electron chi connectivity index (χ2n) is 7.47. The summed E-state index contributed by atoms with van der Waals surface area (Å²) in [5.41, 5.74) is 1.44. The van der Waals surface area contributed by atoms with Crippen LogP contribution in [-0.2, 0) is 28.6 Å². The smallest absolute Gasteiger partial charge is 0.263 e. The fourth-order valence-electron chi connectivity index (χ4n) is 2.61. The summed E-state index contributed by atoms with van der Waals surface area (Å²) in [6, 6.07) is 10.3. The molecule has 190 valence electrons. The molecule has 0 aromatic heterocycles. The Morgan fingerprint density at radius 2 is 0.882 bits per heavy atom. The SMILES string of the molecule is Cc1ccc(S(=O)(=O)OC[C@@H](F)[C@H](F)C(F)[C@H](F)[C@@H](F)COS(=O)(=O)c2ccc(C)cc2)cc1. The molecule has 0 fully saturated rings. The van der Waals surface area contributed by atoms with E-state index < -0.39 is 64.3 Å². The van der Waals surface area contributed by atoms with Gasteiger partial charge >= 0.3 is 0 Å². The number of benzene rings is 2. The Labute approximate surface area is 194 Å². The van der Waals surface area contributed by atoms with Crippen LogP contribution in [0.1, 0.15) is 11.1 Å².